The molecular weight excluding hydrogens is 280 g/mol. The number of hydrogen-bond acceptors (Lipinski definition) is 3. The van der Waals surface area contributed by atoms with E-state index in [1.807, 2.05) is 0 Å². The molecule has 0 aromatic rings. The van der Waals surface area contributed by atoms with E-state index in [4.69, 9.17) is 9.84 Å². The fourth-order valence-electron chi connectivity index (χ4n) is 1.95. The number of esters is 1. The van der Waals surface area contributed by atoms with E-state index in [2.05, 4.69) is 6.92 Å². The number of carbonyl (C=O) groups is 2. The Morgan fingerprint density at radius 2 is 1.38 bits per heavy atom. The summed E-state index contributed by atoms with van der Waals surface area (Å²) in [6.45, 7) is 2.60. The number of carbonyl (C=O) groups excluding carboxylic acids is 1. The second-order valence-corrected chi connectivity index (χ2v) is 5.02. The van der Waals surface area contributed by atoms with E-state index in [9.17, 15) is 9.59 Å². The SMILES string of the molecule is CCCCCCCCCCCCOC(=O)C=CC(=O)O.[H-].[H-].[Mg+2]. The maximum absolute atomic E-state index is 11.0. The number of hydrogen-bond donors (Lipinski definition) is 1. The number of rotatable bonds is 13. The molecule has 0 aliphatic rings. The van der Waals surface area contributed by atoms with Gasteiger partial charge in [0.15, 0.2) is 0 Å². The van der Waals surface area contributed by atoms with E-state index in [1.54, 1.807) is 0 Å². The van der Waals surface area contributed by atoms with E-state index >= 15 is 0 Å². The van der Waals surface area contributed by atoms with Gasteiger partial charge < -0.3 is 12.7 Å². The summed E-state index contributed by atoms with van der Waals surface area (Å²) in [5.74, 6) is -1.72. The predicted molar refractivity (Wildman–Crippen MR) is 87.6 cm³/mol. The van der Waals surface area contributed by atoms with Crippen molar-refractivity contribution in [3.63, 3.8) is 0 Å². The first-order valence-electron chi connectivity index (χ1n) is 7.74. The van der Waals surface area contributed by atoms with Crippen molar-refractivity contribution in [2.45, 2.75) is 71.1 Å². The zero-order valence-corrected chi connectivity index (χ0v) is 14.7. The first-order valence-corrected chi connectivity index (χ1v) is 7.74. The van der Waals surface area contributed by atoms with Crippen molar-refractivity contribution in [3.05, 3.63) is 12.2 Å². The molecule has 0 saturated carbocycles. The Hall–Kier alpha value is -0.554. The van der Waals surface area contributed by atoms with Gasteiger partial charge in [-0.3, -0.25) is 0 Å². The molecule has 4 nitrogen and oxygen atoms in total. The van der Waals surface area contributed by atoms with E-state index in [-0.39, 0.29) is 25.9 Å². The Morgan fingerprint density at radius 3 is 1.86 bits per heavy atom. The zero-order valence-electron chi connectivity index (χ0n) is 15.3. The van der Waals surface area contributed by atoms with Gasteiger partial charge in [0.25, 0.3) is 0 Å². The van der Waals surface area contributed by atoms with Crippen LogP contribution in [0.4, 0.5) is 0 Å². The Morgan fingerprint density at radius 1 is 0.905 bits per heavy atom. The molecule has 0 fully saturated rings. The number of unbranched alkanes of at least 4 members (excludes halogenated alkanes) is 9. The molecule has 21 heavy (non-hydrogen) atoms. The first-order chi connectivity index (χ1) is 9.66. The van der Waals surface area contributed by atoms with E-state index in [0.29, 0.717) is 6.61 Å². The topological polar surface area (TPSA) is 63.6 Å². The first kappa shape index (κ1) is 22.7. The largest absolute Gasteiger partial charge is 2.00 e. The molecule has 1 N–H and O–H groups in total. The summed E-state index contributed by atoms with van der Waals surface area (Å²) in [6.07, 6.45) is 14.0. The Kier molecular flexibility index (Phi) is 18.9. The molecule has 0 spiro atoms. The Labute approximate surface area is 147 Å². The maximum atomic E-state index is 11.0. The molecule has 0 aromatic heterocycles. The summed E-state index contributed by atoms with van der Waals surface area (Å²) in [6, 6.07) is 0. The normalized spacial score (nSPS) is 10.3. The summed E-state index contributed by atoms with van der Waals surface area (Å²) < 4.78 is 4.88. The number of carboxylic acid groups (broad SMARTS) is 1. The maximum Gasteiger partial charge on any atom is 2.00 e. The number of ether oxygens (including phenoxy) is 1. The fraction of sp³-hybridized carbons (Fsp3) is 0.750. The minimum Gasteiger partial charge on any atom is -1.00 e. The van der Waals surface area contributed by atoms with Crippen LogP contribution in [-0.2, 0) is 14.3 Å². The van der Waals surface area contributed by atoms with Crippen molar-refractivity contribution in [1.29, 1.82) is 0 Å². The molecule has 0 rings (SSSR count). The van der Waals surface area contributed by atoms with Crippen molar-refractivity contribution in [2.75, 3.05) is 6.61 Å². The molecule has 0 aliphatic carbocycles. The average molecular weight is 311 g/mol. The standard InChI is InChI=1S/C16H28O4.Mg.2H/c1-2-3-4-5-6-7-8-9-10-11-14-20-16(19)13-12-15(17)18;;;/h12-13H,2-11,14H2,1H3,(H,17,18);;;/q;+2;2*-1. The van der Waals surface area contributed by atoms with Gasteiger partial charge in [0.2, 0.25) is 0 Å². The van der Waals surface area contributed by atoms with Crippen molar-refractivity contribution in [3.8, 4) is 0 Å². The molecule has 0 aliphatic heterocycles. The molecular formula is C16H30MgO4. The van der Waals surface area contributed by atoms with Gasteiger partial charge in [-0.1, -0.05) is 64.7 Å². The third kappa shape index (κ3) is 19.4. The van der Waals surface area contributed by atoms with Crippen LogP contribution in [0.1, 0.15) is 74.0 Å². The van der Waals surface area contributed by atoms with Crippen LogP contribution in [0.25, 0.3) is 0 Å². The van der Waals surface area contributed by atoms with Crippen LogP contribution in [0.5, 0.6) is 0 Å². The second kappa shape index (κ2) is 17.5. The van der Waals surface area contributed by atoms with Crippen molar-refractivity contribution >= 4 is 35.0 Å². The van der Waals surface area contributed by atoms with Gasteiger partial charge >= 0.3 is 35.0 Å². The van der Waals surface area contributed by atoms with Gasteiger partial charge in [-0.2, -0.15) is 0 Å². The third-order valence-corrected chi connectivity index (χ3v) is 3.10. The van der Waals surface area contributed by atoms with Crippen molar-refractivity contribution in [2.24, 2.45) is 0 Å². The smallest absolute Gasteiger partial charge is 1.00 e. The molecule has 0 unspecified atom stereocenters. The van der Waals surface area contributed by atoms with Crippen molar-refractivity contribution < 1.29 is 22.3 Å². The van der Waals surface area contributed by atoms with E-state index < -0.39 is 11.9 Å². The molecule has 0 bridgehead atoms. The average Bonchev–Trinajstić information content (AvgIpc) is 2.42. The molecule has 0 heterocycles. The van der Waals surface area contributed by atoms with Crippen LogP contribution in [0.3, 0.4) is 0 Å². The Bertz CT molecular complexity index is 300. The van der Waals surface area contributed by atoms with Crippen LogP contribution < -0.4 is 0 Å². The van der Waals surface area contributed by atoms with Gasteiger partial charge in [-0.25, -0.2) is 9.59 Å². The van der Waals surface area contributed by atoms with Gasteiger partial charge in [0.1, 0.15) is 0 Å². The predicted octanol–water partition coefficient (Wildman–Crippen LogP) is 3.94. The second-order valence-electron chi connectivity index (χ2n) is 5.02. The Balaban J connectivity index is -0.000000602. The zero-order chi connectivity index (χ0) is 15.1. The van der Waals surface area contributed by atoms with Crippen LogP contribution in [0.15, 0.2) is 12.2 Å². The molecule has 0 atom stereocenters. The minimum absolute atomic E-state index is 0. The fourth-order valence-corrected chi connectivity index (χ4v) is 1.95. The molecule has 5 heteroatoms. The number of carboxylic acids is 1. The molecule has 0 aromatic carbocycles. The molecule has 0 radical (unpaired) electrons. The van der Waals surface area contributed by atoms with Gasteiger partial charge in [-0.15, -0.1) is 0 Å². The summed E-state index contributed by atoms with van der Waals surface area (Å²) in [4.78, 5) is 21.2. The van der Waals surface area contributed by atoms with Gasteiger partial charge in [-0.05, 0) is 6.42 Å². The monoisotopic (exact) mass is 310 g/mol. The van der Waals surface area contributed by atoms with Crippen LogP contribution in [0.2, 0.25) is 0 Å². The van der Waals surface area contributed by atoms with Crippen LogP contribution in [-0.4, -0.2) is 46.7 Å². The quantitative estimate of drug-likeness (QED) is 0.242. The molecule has 120 valence electrons. The van der Waals surface area contributed by atoms with Crippen LogP contribution in [0, 0.1) is 0 Å². The molecule has 0 saturated heterocycles. The van der Waals surface area contributed by atoms with E-state index in [1.165, 1.54) is 51.4 Å². The van der Waals surface area contributed by atoms with Gasteiger partial charge in [0, 0.05) is 12.2 Å². The third-order valence-electron chi connectivity index (χ3n) is 3.10. The summed E-state index contributed by atoms with van der Waals surface area (Å²) >= 11 is 0. The summed E-state index contributed by atoms with van der Waals surface area (Å²) in [7, 11) is 0. The number of aliphatic carboxylic acids is 1. The van der Waals surface area contributed by atoms with Crippen LogP contribution >= 0.6 is 0 Å². The molecule has 0 amide bonds. The minimum atomic E-state index is -1.14. The van der Waals surface area contributed by atoms with Gasteiger partial charge in [0.05, 0.1) is 6.61 Å². The summed E-state index contributed by atoms with van der Waals surface area (Å²) in [5.41, 5.74) is 0. The summed E-state index contributed by atoms with van der Waals surface area (Å²) in [5, 5.41) is 8.33. The van der Waals surface area contributed by atoms with E-state index in [0.717, 1.165) is 25.0 Å². The van der Waals surface area contributed by atoms with Crippen molar-refractivity contribution in [1.82, 2.24) is 0 Å².